The highest BCUT2D eigenvalue weighted by Gasteiger charge is 2.23. The van der Waals surface area contributed by atoms with Crippen molar-refractivity contribution in [2.75, 3.05) is 19.6 Å². The number of fused-ring (bicyclic) bond motifs is 1. The summed E-state index contributed by atoms with van der Waals surface area (Å²) >= 11 is 0. The third-order valence-corrected chi connectivity index (χ3v) is 3.69. The SMILES string of the molecule is CC1CN(C(=O)c2cc(=O)[nH]c3cc(F)ccc23)CCN1. The lowest BCUT2D eigenvalue weighted by Crippen LogP contribution is -2.51. The van der Waals surface area contributed by atoms with Gasteiger partial charge in [0.25, 0.3) is 5.91 Å². The molecule has 1 saturated heterocycles. The molecule has 2 N–H and O–H groups in total. The number of aromatic nitrogens is 1. The standard InChI is InChI=1S/C15H16FN3O2/c1-9-8-19(5-4-17-9)15(21)12-7-14(20)18-13-6-10(16)2-3-11(12)13/h2-3,6-7,9,17H,4-5,8H2,1H3,(H,18,20). The molecule has 5 nitrogen and oxygen atoms in total. The lowest BCUT2D eigenvalue weighted by molar-refractivity contribution is 0.0711. The van der Waals surface area contributed by atoms with Crippen LogP contribution < -0.4 is 10.9 Å². The molecule has 3 rings (SSSR count). The molecule has 2 aromatic rings. The Labute approximate surface area is 120 Å². The van der Waals surface area contributed by atoms with Gasteiger partial charge in [-0.15, -0.1) is 0 Å². The van der Waals surface area contributed by atoms with Gasteiger partial charge < -0.3 is 15.2 Å². The van der Waals surface area contributed by atoms with Crippen LogP contribution in [0.1, 0.15) is 17.3 Å². The predicted octanol–water partition coefficient (Wildman–Crippen LogP) is 1.10. The Bertz CT molecular complexity index is 756. The van der Waals surface area contributed by atoms with Crippen molar-refractivity contribution < 1.29 is 9.18 Å². The second-order valence-electron chi connectivity index (χ2n) is 5.34. The van der Waals surface area contributed by atoms with Crippen molar-refractivity contribution in [2.45, 2.75) is 13.0 Å². The fourth-order valence-corrected chi connectivity index (χ4v) is 2.70. The van der Waals surface area contributed by atoms with E-state index in [0.717, 1.165) is 6.54 Å². The number of hydrogen-bond donors (Lipinski definition) is 2. The first-order chi connectivity index (χ1) is 10.0. The zero-order valence-corrected chi connectivity index (χ0v) is 11.6. The van der Waals surface area contributed by atoms with Gasteiger partial charge in [0.15, 0.2) is 0 Å². The van der Waals surface area contributed by atoms with Crippen LogP contribution in [0.15, 0.2) is 29.1 Å². The van der Waals surface area contributed by atoms with Crippen molar-refractivity contribution in [1.29, 1.82) is 0 Å². The van der Waals surface area contributed by atoms with Gasteiger partial charge in [0.2, 0.25) is 5.56 Å². The lowest BCUT2D eigenvalue weighted by Gasteiger charge is -2.32. The first kappa shape index (κ1) is 13.8. The summed E-state index contributed by atoms with van der Waals surface area (Å²) < 4.78 is 13.3. The van der Waals surface area contributed by atoms with Crippen LogP contribution in [-0.2, 0) is 0 Å². The summed E-state index contributed by atoms with van der Waals surface area (Å²) in [5.41, 5.74) is 0.261. The van der Waals surface area contributed by atoms with Gasteiger partial charge >= 0.3 is 0 Å². The van der Waals surface area contributed by atoms with E-state index in [1.807, 2.05) is 6.92 Å². The van der Waals surface area contributed by atoms with Crippen LogP contribution in [-0.4, -0.2) is 41.5 Å². The Hall–Kier alpha value is -2.21. The molecule has 110 valence electrons. The van der Waals surface area contributed by atoms with Crippen molar-refractivity contribution in [3.63, 3.8) is 0 Å². The van der Waals surface area contributed by atoms with E-state index in [1.165, 1.54) is 24.3 Å². The molecule has 0 bridgehead atoms. The summed E-state index contributed by atoms with van der Waals surface area (Å²) in [4.78, 5) is 28.6. The van der Waals surface area contributed by atoms with Crippen molar-refractivity contribution in [3.8, 4) is 0 Å². The number of aromatic amines is 1. The maximum absolute atomic E-state index is 13.3. The van der Waals surface area contributed by atoms with Crippen molar-refractivity contribution in [3.05, 3.63) is 46.0 Å². The third kappa shape index (κ3) is 2.67. The van der Waals surface area contributed by atoms with E-state index in [1.54, 1.807) is 4.90 Å². The van der Waals surface area contributed by atoms with Crippen LogP contribution in [0, 0.1) is 5.82 Å². The molecule has 21 heavy (non-hydrogen) atoms. The van der Waals surface area contributed by atoms with E-state index in [9.17, 15) is 14.0 Å². The first-order valence-electron chi connectivity index (χ1n) is 6.90. The van der Waals surface area contributed by atoms with E-state index in [-0.39, 0.29) is 11.9 Å². The number of pyridine rings is 1. The van der Waals surface area contributed by atoms with Gasteiger partial charge in [-0.1, -0.05) is 0 Å². The number of benzene rings is 1. The minimum absolute atomic E-state index is 0.189. The summed E-state index contributed by atoms with van der Waals surface area (Å²) in [6.45, 7) is 3.92. The van der Waals surface area contributed by atoms with Gasteiger partial charge in [-0.2, -0.15) is 0 Å². The van der Waals surface area contributed by atoms with Crippen molar-refractivity contribution >= 4 is 16.8 Å². The second-order valence-corrected chi connectivity index (χ2v) is 5.34. The molecule has 1 fully saturated rings. The molecule has 1 aliphatic heterocycles. The normalized spacial score (nSPS) is 19.0. The summed E-state index contributed by atoms with van der Waals surface area (Å²) in [5, 5.41) is 3.83. The van der Waals surface area contributed by atoms with Crippen LogP contribution in [0.2, 0.25) is 0 Å². The molecular formula is C15H16FN3O2. The number of carbonyl (C=O) groups is 1. The number of amides is 1. The summed E-state index contributed by atoms with van der Waals surface area (Å²) in [6.07, 6.45) is 0. The molecule has 0 radical (unpaired) electrons. The zero-order chi connectivity index (χ0) is 15.0. The van der Waals surface area contributed by atoms with Gasteiger partial charge in [-0.05, 0) is 25.1 Å². The molecule has 1 unspecified atom stereocenters. The molecule has 1 amide bonds. The largest absolute Gasteiger partial charge is 0.336 e. The number of piperazine rings is 1. The highest BCUT2D eigenvalue weighted by Crippen LogP contribution is 2.18. The number of nitrogens with zero attached hydrogens (tertiary/aromatic N) is 1. The Kier molecular flexibility index (Phi) is 3.47. The Balaban J connectivity index is 2.07. The molecule has 1 atom stereocenters. The zero-order valence-electron chi connectivity index (χ0n) is 11.6. The molecule has 1 aliphatic rings. The Morgan fingerprint density at radius 2 is 2.19 bits per heavy atom. The van der Waals surface area contributed by atoms with Gasteiger partial charge in [0.05, 0.1) is 11.1 Å². The Morgan fingerprint density at radius 1 is 1.38 bits per heavy atom. The summed E-state index contributed by atoms with van der Waals surface area (Å²) in [5.74, 6) is -0.635. The smallest absolute Gasteiger partial charge is 0.254 e. The number of hydrogen-bond acceptors (Lipinski definition) is 3. The molecule has 0 aliphatic carbocycles. The third-order valence-electron chi connectivity index (χ3n) is 3.69. The van der Waals surface area contributed by atoms with Crippen LogP contribution >= 0.6 is 0 Å². The van der Waals surface area contributed by atoms with E-state index in [0.29, 0.717) is 29.6 Å². The van der Waals surface area contributed by atoms with Crippen molar-refractivity contribution in [1.82, 2.24) is 15.2 Å². The van der Waals surface area contributed by atoms with Gasteiger partial charge in [-0.3, -0.25) is 9.59 Å². The number of carbonyl (C=O) groups excluding carboxylic acids is 1. The molecule has 1 aromatic carbocycles. The number of halogens is 1. The molecule has 0 spiro atoms. The van der Waals surface area contributed by atoms with E-state index >= 15 is 0 Å². The highest BCUT2D eigenvalue weighted by molar-refractivity contribution is 6.06. The average Bonchev–Trinajstić information content (AvgIpc) is 2.45. The van der Waals surface area contributed by atoms with E-state index in [4.69, 9.17) is 0 Å². The van der Waals surface area contributed by atoms with Crippen LogP contribution in [0.25, 0.3) is 10.9 Å². The maximum Gasteiger partial charge on any atom is 0.254 e. The number of nitrogens with one attached hydrogen (secondary N) is 2. The second kappa shape index (κ2) is 5.29. The summed E-state index contributed by atoms with van der Waals surface area (Å²) in [6, 6.07) is 5.55. The van der Waals surface area contributed by atoms with Gasteiger partial charge in [-0.25, -0.2) is 4.39 Å². The Morgan fingerprint density at radius 3 is 2.95 bits per heavy atom. The van der Waals surface area contributed by atoms with Crippen molar-refractivity contribution in [2.24, 2.45) is 0 Å². The molecule has 2 heterocycles. The highest BCUT2D eigenvalue weighted by atomic mass is 19.1. The molecule has 1 aromatic heterocycles. The first-order valence-corrected chi connectivity index (χ1v) is 6.90. The topological polar surface area (TPSA) is 65.2 Å². The fraction of sp³-hybridized carbons (Fsp3) is 0.333. The lowest BCUT2D eigenvalue weighted by atomic mass is 10.1. The quantitative estimate of drug-likeness (QED) is 0.826. The molecule has 0 saturated carbocycles. The molecular weight excluding hydrogens is 273 g/mol. The predicted molar refractivity (Wildman–Crippen MR) is 77.9 cm³/mol. The monoisotopic (exact) mass is 289 g/mol. The van der Waals surface area contributed by atoms with Crippen LogP contribution in [0.4, 0.5) is 4.39 Å². The number of rotatable bonds is 1. The average molecular weight is 289 g/mol. The van der Waals surface area contributed by atoms with E-state index in [2.05, 4.69) is 10.3 Å². The fourth-order valence-electron chi connectivity index (χ4n) is 2.70. The van der Waals surface area contributed by atoms with Gasteiger partial charge in [0.1, 0.15) is 5.82 Å². The maximum atomic E-state index is 13.3. The minimum atomic E-state index is -0.446. The van der Waals surface area contributed by atoms with E-state index < -0.39 is 11.4 Å². The number of H-pyrrole nitrogens is 1. The minimum Gasteiger partial charge on any atom is -0.336 e. The summed E-state index contributed by atoms with van der Waals surface area (Å²) in [7, 11) is 0. The van der Waals surface area contributed by atoms with Crippen LogP contribution in [0.3, 0.4) is 0 Å². The molecule has 6 heteroatoms. The van der Waals surface area contributed by atoms with Crippen LogP contribution in [0.5, 0.6) is 0 Å². The van der Waals surface area contributed by atoms with Gasteiger partial charge in [0, 0.05) is 37.1 Å².